The van der Waals surface area contributed by atoms with Gasteiger partial charge in [-0.2, -0.15) is 0 Å². The molecular weight excluding hydrogens is 220 g/mol. The van der Waals surface area contributed by atoms with Gasteiger partial charge in [0.2, 0.25) is 0 Å². The number of hydrogen-bond acceptors (Lipinski definition) is 2. The van der Waals surface area contributed by atoms with Crippen molar-refractivity contribution in [2.45, 2.75) is 20.8 Å². The van der Waals surface area contributed by atoms with E-state index in [-0.39, 0.29) is 12.6 Å². The van der Waals surface area contributed by atoms with Crippen LogP contribution in [-0.4, -0.2) is 53.6 Å². The van der Waals surface area contributed by atoms with Gasteiger partial charge in [-0.15, -0.1) is 0 Å². The second kappa shape index (κ2) is 6.93. The van der Waals surface area contributed by atoms with Crippen LogP contribution in [0.1, 0.15) is 20.8 Å². The number of hydrogen-bond donors (Lipinski definition) is 1. The lowest BCUT2D eigenvalue weighted by molar-refractivity contribution is -0.141. The standard InChI is InChI=1S/C12H22N2O3/c1-6-14(7-9(2)3)12(17)13(5)8-10(4)11(15)16/h10H,2,6-8H2,1,3-5H3,(H,15,16). The maximum absolute atomic E-state index is 12.0. The minimum Gasteiger partial charge on any atom is -0.481 e. The molecule has 0 aliphatic heterocycles. The molecule has 0 aliphatic rings. The zero-order valence-electron chi connectivity index (χ0n) is 11.1. The molecule has 0 saturated carbocycles. The van der Waals surface area contributed by atoms with Crippen LogP contribution in [0, 0.1) is 5.92 Å². The average Bonchev–Trinajstić information content (AvgIpc) is 2.24. The van der Waals surface area contributed by atoms with Crippen molar-refractivity contribution in [1.29, 1.82) is 0 Å². The first-order chi connectivity index (χ1) is 7.79. The fraction of sp³-hybridized carbons (Fsp3) is 0.667. The second-order valence-corrected chi connectivity index (χ2v) is 4.37. The van der Waals surface area contributed by atoms with E-state index in [2.05, 4.69) is 6.58 Å². The molecule has 0 aromatic carbocycles. The number of nitrogens with zero attached hydrogens (tertiary/aromatic N) is 2. The van der Waals surface area contributed by atoms with Crippen LogP contribution in [0.5, 0.6) is 0 Å². The molecule has 1 unspecified atom stereocenters. The zero-order valence-corrected chi connectivity index (χ0v) is 11.1. The Balaban J connectivity index is 4.45. The second-order valence-electron chi connectivity index (χ2n) is 4.37. The van der Waals surface area contributed by atoms with Gasteiger partial charge < -0.3 is 14.9 Å². The summed E-state index contributed by atoms with van der Waals surface area (Å²) in [7, 11) is 1.61. The molecule has 98 valence electrons. The van der Waals surface area contributed by atoms with Crippen LogP contribution in [0.25, 0.3) is 0 Å². The molecule has 5 nitrogen and oxygen atoms in total. The number of aliphatic carboxylic acids is 1. The summed E-state index contributed by atoms with van der Waals surface area (Å²) >= 11 is 0. The van der Waals surface area contributed by atoms with Gasteiger partial charge in [-0.05, 0) is 13.8 Å². The smallest absolute Gasteiger partial charge is 0.320 e. The van der Waals surface area contributed by atoms with Crippen molar-refractivity contribution in [2.75, 3.05) is 26.7 Å². The minimum absolute atomic E-state index is 0.163. The molecule has 0 spiro atoms. The quantitative estimate of drug-likeness (QED) is 0.720. The van der Waals surface area contributed by atoms with E-state index >= 15 is 0 Å². The molecule has 0 aromatic rings. The number of carboxylic acid groups (broad SMARTS) is 1. The number of carbonyl (C=O) groups is 2. The van der Waals surface area contributed by atoms with Gasteiger partial charge >= 0.3 is 12.0 Å². The Labute approximate surface area is 103 Å². The van der Waals surface area contributed by atoms with Gasteiger partial charge in [-0.25, -0.2) is 4.79 Å². The molecule has 1 N–H and O–H groups in total. The molecule has 0 heterocycles. The van der Waals surface area contributed by atoms with Crippen molar-refractivity contribution in [2.24, 2.45) is 5.92 Å². The fourth-order valence-electron chi connectivity index (χ4n) is 1.45. The lowest BCUT2D eigenvalue weighted by Gasteiger charge is -2.28. The number of carboxylic acids is 1. The summed E-state index contributed by atoms with van der Waals surface area (Å²) in [6.07, 6.45) is 0. The first kappa shape index (κ1) is 15.5. The van der Waals surface area contributed by atoms with Gasteiger partial charge in [-0.3, -0.25) is 4.79 Å². The number of amides is 2. The van der Waals surface area contributed by atoms with Crippen molar-refractivity contribution >= 4 is 12.0 Å². The molecule has 17 heavy (non-hydrogen) atoms. The monoisotopic (exact) mass is 242 g/mol. The van der Waals surface area contributed by atoms with Crippen molar-refractivity contribution in [1.82, 2.24) is 9.80 Å². The van der Waals surface area contributed by atoms with E-state index in [0.29, 0.717) is 13.1 Å². The normalized spacial score (nSPS) is 11.8. The Morgan fingerprint density at radius 3 is 2.29 bits per heavy atom. The maximum Gasteiger partial charge on any atom is 0.320 e. The van der Waals surface area contributed by atoms with Crippen molar-refractivity contribution in [3.8, 4) is 0 Å². The Kier molecular flexibility index (Phi) is 6.31. The Hall–Kier alpha value is -1.52. The van der Waals surface area contributed by atoms with Gasteiger partial charge in [0.25, 0.3) is 0 Å². The Bertz CT molecular complexity index is 302. The summed E-state index contributed by atoms with van der Waals surface area (Å²) < 4.78 is 0. The summed E-state index contributed by atoms with van der Waals surface area (Å²) in [6.45, 7) is 10.4. The third kappa shape index (κ3) is 5.38. The highest BCUT2D eigenvalue weighted by molar-refractivity contribution is 5.76. The third-order valence-corrected chi connectivity index (χ3v) is 2.41. The summed E-state index contributed by atoms with van der Waals surface area (Å²) in [5.74, 6) is -1.46. The highest BCUT2D eigenvalue weighted by Crippen LogP contribution is 2.04. The molecule has 0 rings (SSSR count). The summed E-state index contributed by atoms with van der Waals surface area (Å²) in [5, 5.41) is 8.79. The van der Waals surface area contributed by atoms with E-state index in [1.54, 1.807) is 18.9 Å². The zero-order chi connectivity index (χ0) is 13.6. The van der Waals surface area contributed by atoms with Crippen LogP contribution in [0.4, 0.5) is 4.79 Å². The van der Waals surface area contributed by atoms with Gasteiger partial charge in [0, 0.05) is 26.7 Å². The highest BCUT2D eigenvalue weighted by Gasteiger charge is 2.20. The highest BCUT2D eigenvalue weighted by atomic mass is 16.4. The van der Waals surface area contributed by atoms with E-state index in [1.807, 2.05) is 13.8 Å². The van der Waals surface area contributed by atoms with E-state index in [9.17, 15) is 9.59 Å². The molecule has 0 fully saturated rings. The summed E-state index contributed by atoms with van der Waals surface area (Å²) in [6, 6.07) is -0.163. The molecular formula is C12H22N2O3. The van der Waals surface area contributed by atoms with Gasteiger partial charge in [0.1, 0.15) is 0 Å². The van der Waals surface area contributed by atoms with Crippen LogP contribution >= 0.6 is 0 Å². The first-order valence-electron chi connectivity index (χ1n) is 5.66. The number of urea groups is 1. The van der Waals surface area contributed by atoms with Crippen LogP contribution in [0.2, 0.25) is 0 Å². The predicted octanol–water partition coefficient (Wildman–Crippen LogP) is 1.66. The van der Waals surface area contributed by atoms with Gasteiger partial charge in [0.15, 0.2) is 0 Å². The molecule has 0 bridgehead atoms. The predicted molar refractivity (Wildman–Crippen MR) is 66.9 cm³/mol. The molecule has 5 heteroatoms. The third-order valence-electron chi connectivity index (χ3n) is 2.41. The molecule has 1 atom stereocenters. The first-order valence-corrected chi connectivity index (χ1v) is 5.66. The summed E-state index contributed by atoms with van der Waals surface area (Å²) in [5.41, 5.74) is 0.903. The van der Waals surface area contributed by atoms with Crippen molar-refractivity contribution in [3.63, 3.8) is 0 Å². The molecule has 0 aromatic heterocycles. The minimum atomic E-state index is -0.896. The molecule has 0 radical (unpaired) electrons. The molecule has 0 saturated heterocycles. The molecule has 0 aliphatic carbocycles. The van der Waals surface area contributed by atoms with Crippen LogP contribution < -0.4 is 0 Å². The van der Waals surface area contributed by atoms with Gasteiger partial charge in [0.05, 0.1) is 5.92 Å². The average molecular weight is 242 g/mol. The SMILES string of the molecule is C=C(C)CN(CC)C(=O)N(C)CC(C)C(=O)O. The van der Waals surface area contributed by atoms with E-state index in [4.69, 9.17) is 5.11 Å². The largest absolute Gasteiger partial charge is 0.481 e. The maximum atomic E-state index is 12.0. The van der Waals surface area contributed by atoms with E-state index in [1.165, 1.54) is 4.90 Å². The number of likely N-dealkylation sites (N-methyl/N-ethyl adjacent to an activating group) is 1. The van der Waals surface area contributed by atoms with Gasteiger partial charge in [-0.1, -0.05) is 19.1 Å². The van der Waals surface area contributed by atoms with Crippen LogP contribution in [0.15, 0.2) is 12.2 Å². The summed E-state index contributed by atoms with van der Waals surface area (Å²) in [4.78, 5) is 25.8. The van der Waals surface area contributed by atoms with E-state index < -0.39 is 11.9 Å². The van der Waals surface area contributed by atoms with Crippen molar-refractivity contribution in [3.05, 3.63) is 12.2 Å². The fourth-order valence-corrected chi connectivity index (χ4v) is 1.45. The number of rotatable bonds is 6. The van der Waals surface area contributed by atoms with Crippen LogP contribution in [-0.2, 0) is 4.79 Å². The van der Waals surface area contributed by atoms with Crippen LogP contribution in [0.3, 0.4) is 0 Å². The molecule has 2 amide bonds. The lowest BCUT2D eigenvalue weighted by atomic mass is 10.2. The lowest BCUT2D eigenvalue weighted by Crippen LogP contribution is -2.44. The Morgan fingerprint density at radius 1 is 1.41 bits per heavy atom. The number of carbonyl (C=O) groups excluding carboxylic acids is 1. The Morgan fingerprint density at radius 2 is 1.94 bits per heavy atom. The topological polar surface area (TPSA) is 60.9 Å². The van der Waals surface area contributed by atoms with E-state index in [0.717, 1.165) is 5.57 Å². The van der Waals surface area contributed by atoms with Crippen molar-refractivity contribution < 1.29 is 14.7 Å².